The minimum atomic E-state index is -0.454. The van der Waals surface area contributed by atoms with E-state index in [0.29, 0.717) is 24.2 Å². The Labute approximate surface area is 129 Å². The molecule has 1 atom stereocenters. The van der Waals surface area contributed by atoms with E-state index in [1.54, 1.807) is 0 Å². The maximum Gasteiger partial charge on any atom is 0.129 e. The standard InChI is InChI=1S/C18H21ClF2/c19-15(9-14-16(20)2-1-3-17(14)21)18-12-5-10-4-11(7-12)8-13(18)6-10/h1-3,10-13,15,18H,4-9H2. The summed E-state index contributed by atoms with van der Waals surface area (Å²) in [6, 6.07) is 4.08. The molecule has 1 aromatic rings. The van der Waals surface area contributed by atoms with Crippen LogP contribution in [0.25, 0.3) is 0 Å². The zero-order valence-electron chi connectivity index (χ0n) is 12.1. The van der Waals surface area contributed by atoms with Gasteiger partial charge in [0.1, 0.15) is 11.6 Å². The summed E-state index contributed by atoms with van der Waals surface area (Å²) in [7, 11) is 0. The first kappa shape index (κ1) is 14.0. The minimum Gasteiger partial charge on any atom is -0.207 e. The highest BCUT2D eigenvalue weighted by molar-refractivity contribution is 6.21. The summed E-state index contributed by atoms with van der Waals surface area (Å²) < 4.78 is 27.7. The van der Waals surface area contributed by atoms with E-state index < -0.39 is 11.6 Å². The van der Waals surface area contributed by atoms with Gasteiger partial charge in [0.05, 0.1) is 0 Å². The van der Waals surface area contributed by atoms with Gasteiger partial charge in [-0.1, -0.05) is 6.07 Å². The Hall–Kier alpha value is -0.630. The van der Waals surface area contributed by atoms with Gasteiger partial charge in [-0.05, 0) is 80.2 Å². The van der Waals surface area contributed by atoms with E-state index in [2.05, 4.69) is 0 Å². The zero-order chi connectivity index (χ0) is 14.6. The molecule has 0 N–H and O–H groups in total. The molecule has 0 radical (unpaired) electrons. The van der Waals surface area contributed by atoms with Gasteiger partial charge in [0, 0.05) is 10.9 Å². The Bertz CT molecular complexity index is 494. The first-order chi connectivity index (χ1) is 10.1. The van der Waals surface area contributed by atoms with Crippen LogP contribution in [0.5, 0.6) is 0 Å². The van der Waals surface area contributed by atoms with Crippen molar-refractivity contribution in [3.8, 4) is 0 Å². The molecule has 5 rings (SSSR count). The average molecular weight is 311 g/mol. The van der Waals surface area contributed by atoms with Crippen LogP contribution in [0.3, 0.4) is 0 Å². The molecular formula is C18H21ClF2. The fourth-order valence-corrected chi connectivity index (χ4v) is 6.18. The number of hydrogen-bond acceptors (Lipinski definition) is 0. The van der Waals surface area contributed by atoms with Crippen LogP contribution in [0.4, 0.5) is 8.78 Å². The molecule has 1 aromatic carbocycles. The topological polar surface area (TPSA) is 0 Å². The molecule has 0 amide bonds. The maximum absolute atomic E-state index is 13.8. The largest absolute Gasteiger partial charge is 0.207 e. The van der Waals surface area contributed by atoms with Gasteiger partial charge in [0.15, 0.2) is 0 Å². The molecular weight excluding hydrogens is 290 g/mol. The summed E-state index contributed by atoms with van der Waals surface area (Å²) in [6.45, 7) is 0. The number of hydrogen-bond donors (Lipinski definition) is 0. The van der Waals surface area contributed by atoms with Crippen LogP contribution in [-0.2, 0) is 6.42 Å². The van der Waals surface area contributed by atoms with Crippen molar-refractivity contribution in [3.63, 3.8) is 0 Å². The van der Waals surface area contributed by atoms with E-state index in [-0.39, 0.29) is 10.9 Å². The number of alkyl halides is 1. The summed E-state index contributed by atoms with van der Waals surface area (Å²) in [5, 5.41) is -0.133. The highest BCUT2D eigenvalue weighted by Crippen LogP contribution is 2.58. The van der Waals surface area contributed by atoms with Crippen molar-refractivity contribution in [3.05, 3.63) is 35.4 Å². The van der Waals surface area contributed by atoms with Crippen LogP contribution in [0.15, 0.2) is 18.2 Å². The summed E-state index contributed by atoms with van der Waals surface area (Å²) in [6.07, 6.45) is 6.91. The first-order valence-corrected chi connectivity index (χ1v) is 8.62. The molecule has 0 saturated heterocycles. The van der Waals surface area contributed by atoms with Crippen LogP contribution in [0.1, 0.15) is 37.7 Å². The normalized spacial score (nSPS) is 38.7. The van der Waals surface area contributed by atoms with E-state index in [1.807, 2.05) is 0 Å². The number of benzene rings is 1. The lowest BCUT2D eigenvalue weighted by atomic mass is 9.51. The molecule has 114 valence electrons. The van der Waals surface area contributed by atoms with Crippen molar-refractivity contribution in [2.75, 3.05) is 0 Å². The summed E-state index contributed by atoms with van der Waals surface area (Å²) in [5.74, 6) is 2.74. The second kappa shape index (κ2) is 5.22. The average Bonchev–Trinajstić information content (AvgIpc) is 2.42. The molecule has 3 heteroatoms. The quantitative estimate of drug-likeness (QED) is 0.674. The summed E-state index contributed by atoms with van der Waals surface area (Å²) in [4.78, 5) is 0. The van der Waals surface area contributed by atoms with Crippen molar-refractivity contribution in [2.24, 2.45) is 29.6 Å². The Balaban J connectivity index is 1.54. The van der Waals surface area contributed by atoms with Crippen molar-refractivity contribution >= 4 is 11.6 Å². The van der Waals surface area contributed by atoms with Gasteiger partial charge in [-0.3, -0.25) is 0 Å². The molecule has 21 heavy (non-hydrogen) atoms. The van der Waals surface area contributed by atoms with E-state index in [1.165, 1.54) is 50.3 Å². The third-order valence-corrected chi connectivity index (χ3v) is 6.62. The van der Waals surface area contributed by atoms with E-state index in [9.17, 15) is 8.78 Å². The van der Waals surface area contributed by atoms with E-state index in [0.717, 1.165) is 11.8 Å². The lowest BCUT2D eigenvalue weighted by Gasteiger charge is -2.55. The molecule has 0 aromatic heterocycles. The van der Waals surface area contributed by atoms with Gasteiger partial charge in [-0.25, -0.2) is 8.78 Å². The molecule has 4 saturated carbocycles. The Morgan fingerprint density at radius 2 is 1.48 bits per heavy atom. The highest BCUT2D eigenvalue weighted by Gasteiger charge is 2.50. The minimum absolute atomic E-state index is 0.133. The van der Waals surface area contributed by atoms with Gasteiger partial charge >= 0.3 is 0 Å². The predicted octanol–water partition coefficient (Wildman–Crippen LogP) is 5.19. The molecule has 4 bridgehead atoms. The van der Waals surface area contributed by atoms with Crippen molar-refractivity contribution in [1.82, 2.24) is 0 Å². The Morgan fingerprint density at radius 3 is 2.00 bits per heavy atom. The van der Waals surface area contributed by atoms with Crippen LogP contribution >= 0.6 is 11.6 Å². The van der Waals surface area contributed by atoms with Crippen LogP contribution < -0.4 is 0 Å². The monoisotopic (exact) mass is 310 g/mol. The molecule has 4 aliphatic rings. The van der Waals surface area contributed by atoms with Crippen molar-refractivity contribution < 1.29 is 8.78 Å². The van der Waals surface area contributed by atoms with Gasteiger partial charge in [-0.15, -0.1) is 11.6 Å². The van der Waals surface area contributed by atoms with Crippen molar-refractivity contribution in [2.45, 2.75) is 43.9 Å². The fraction of sp³-hybridized carbons (Fsp3) is 0.667. The number of halogens is 3. The highest BCUT2D eigenvalue weighted by atomic mass is 35.5. The third-order valence-electron chi connectivity index (χ3n) is 6.18. The lowest BCUT2D eigenvalue weighted by Crippen LogP contribution is -2.48. The number of rotatable bonds is 3. The second-order valence-electron chi connectivity index (χ2n) is 7.43. The van der Waals surface area contributed by atoms with Crippen LogP contribution in [0.2, 0.25) is 0 Å². The zero-order valence-corrected chi connectivity index (χ0v) is 12.8. The first-order valence-electron chi connectivity index (χ1n) is 8.18. The SMILES string of the molecule is Fc1cccc(F)c1CC(Cl)C1C2CC3CC(C2)CC1C3. The lowest BCUT2D eigenvalue weighted by molar-refractivity contribution is -0.0377. The van der Waals surface area contributed by atoms with Gasteiger partial charge in [0.25, 0.3) is 0 Å². The Kier molecular flexibility index (Phi) is 3.48. The van der Waals surface area contributed by atoms with Gasteiger partial charge < -0.3 is 0 Å². The molecule has 4 aliphatic carbocycles. The maximum atomic E-state index is 13.8. The smallest absolute Gasteiger partial charge is 0.129 e. The predicted molar refractivity (Wildman–Crippen MR) is 80.2 cm³/mol. The Morgan fingerprint density at radius 1 is 0.952 bits per heavy atom. The fourth-order valence-electron chi connectivity index (χ4n) is 5.62. The van der Waals surface area contributed by atoms with Crippen LogP contribution in [0, 0.1) is 41.2 Å². The summed E-state index contributed by atoms with van der Waals surface area (Å²) >= 11 is 6.67. The molecule has 0 heterocycles. The van der Waals surface area contributed by atoms with Gasteiger partial charge in [-0.2, -0.15) is 0 Å². The molecule has 0 nitrogen and oxygen atoms in total. The van der Waals surface area contributed by atoms with Crippen molar-refractivity contribution in [1.29, 1.82) is 0 Å². The second-order valence-corrected chi connectivity index (χ2v) is 7.99. The molecule has 0 aliphatic heterocycles. The molecule has 4 fully saturated rings. The van der Waals surface area contributed by atoms with Crippen LogP contribution in [-0.4, -0.2) is 5.38 Å². The van der Waals surface area contributed by atoms with Gasteiger partial charge in [0.2, 0.25) is 0 Å². The molecule has 0 spiro atoms. The molecule has 1 unspecified atom stereocenters. The summed E-state index contributed by atoms with van der Waals surface area (Å²) in [5.41, 5.74) is 0.173. The van der Waals surface area contributed by atoms with E-state index >= 15 is 0 Å². The van der Waals surface area contributed by atoms with E-state index in [4.69, 9.17) is 11.6 Å². The third kappa shape index (κ3) is 2.40.